The molecule has 182 valence electrons. The smallest absolute Gasteiger partial charge is 0.258 e. The minimum Gasteiger partial charge on any atom is -0.349 e. The van der Waals surface area contributed by atoms with E-state index in [9.17, 15) is 18.8 Å². The first-order chi connectivity index (χ1) is 17.4. The summed E-state index contributed by atoms with van der Waals surface area (Å²) in [6.07, 6.45) is 4.85. The number of halogens is 1. The standard InChI is InChI=1S/C25H21FN6O3S/c1-13-18(11-15(12-20(13)26)23(34)29-16-3-4-16)17-5-2-14(22(33)30-21-6-7-28-32-21)10-19(17)24(35)31-25-27-8-9-36-25/h2,5-12,16H,3-4H2,1H3,(H,29,34)(H,27,31,35)(H2,28,30,32,33). The molecule has 0 atom stereocenters. The van der Waals surface area contributed by atoms with E-state index in [4.69, 9.17) is 0 Å². The van der Waals surface area contributed by atoms with Gasteiger partial charge in [0.2, 0.25) is 0 Å². The maximum Gasteiger partial charge on any atom is 0.258 e. The lowest BCUT2D eigenvalue weighted by atomic mass is 9.92. The lowest BCUT2D eigenvalue weighted by Crippen LogP contribution is -2.25. The number of benzene rings is 2. The van der Waals surface area contributed by atoms with E-state index < -0.39 is 17.6 Å². The van der Waals surface area contributed by atoms with Crippen molar-refractivity contribution in [2.75, 3.05) is 10.6 Å². The number of hydrogen-bond donors (Lipinski definition) is 4. The van der Waals surface area contributed by atoms with E-state index in [0.29, 0.717) is 22.1 Å². The number of thiazole rings is 1. The second-order valence-corrected chi connectivity index (χ2v) is 9.25. The largest absolute Gasteiger partial charge is 0.349 e. The second kappa shape index (κ2) is 9.70. The molecule has 0 radical (unpaired) electrons. The zero-order valence-corrected chi connectivity index (χ0v) is 19.9. The molecule has 5 rings (SSSR count). The Morgan fingerprint density at radius 1 is 0.972 bits per heavy atom. The molecule has 0 bridgehead atoms. The van der Waals surface area contributed by atoms with Crippen molar-refractivity contribution in [2.45, 2.75) is 25.8 Å². The third kappa shape index (κ3) is 5.01. The lowest BCUT2D eigenvalue weighted by Gasteiger charge is -2.15. The number of carbonyl (C=O) groups is 3. The molecule has 1 fully saturated rings. The van der Waals surface area contributed by atoms with E-state index in [-0.39, 0.29) is 34.2 Å². The van der Waals surface area contributed by atoms with Crippen LogP contribution in [0.3, 0.4) is 0 Å². The van der Waals surface area contributed by atoms with Gasteiger partial charge in [0.05, 0.1) is 6.20 Å². The fourth-order valence-corrected chi connectivity index (χ4v) is 4.19. The number of hydrogen-bond acceptors (Lipinski definition) is 6. The number of H-pyrrole nitrogens is 1. The third-order valence-electron chi connectivity index (χ3n) is 5.74. The van der Waals surface area contributed by atoms with E-state index in [0.717, 1.165) is 12.8 Å². The van der Waals surface area contributed by atoms with Gasteiger partial charge < -0.3 is 10.6 Å². The highest BCUT2D eigenvalue weighted by atomic mass is 32.1. The number of amides is 3. The molecule has 4 aromatic rings. The van der Waals surface area contributed by atoms with Crippen LogP contribution in [-0.4, -0.2) is 38.9 Å². The summed E-state index contributed by atoms with van der Waals surface area (Å²) in [5.41, 5.74) is 1.52. The Balaban J connectivity index is 1.56. The molecule has 1 aliphatic rings. The molecule has 0 saturated heterocycles. The van der Waals surface area contributed by atoms with Crippen LogP contribution in [0.4, 0.5) is 15.3 Å². The Labute approximate surface area is 209 Å². The highest BCUT2D eigenvalue weighted by Crippen LogP contribution is 2.32. The van der Waals surface area contributed by atoms with Crippen molar-refractivity contribution in [1.82, 2.24) is 20.5 Å². The summed E-state index contributed by atoms with van der Waals surface area (Å²) in [7, 11) is 0. The van der Waals surface area contributed by atoms with E-state index >= 15 is 0 Å². The van der Waals surface area contributed by atoms with Crippen molar-refractivity contribution in [3.05, 3.63) is 82.2 Å². The normalized spacial score (nSPS) is 12.7. The maximum absolute atomic E-state index is 14.9. The molecule has 2 aromatic heterocycles. The molecule has 11 heteroatoms. The Morgan fingerprint density at radius 3 is 2.50 bits per heavy atom. The Morgan fingerprint density at radius 2 is 1.81 bits per heavy atom. The van der Waals surface area contributed by atoms with Gasteiger partial charge in [-0.25, -0.2) is 9.37 Å². The zero-order chi connectivity index (χ0) is 25.2. The minimum atomic E-state index is -0.569. The van der Waals surface area contributed by atoms with Crippen LogP contribution >= 0.6 is 11.3 Å². The molecular formula is C25H21FN6O3S. The molecule has 0 spiro atoms. The predicted octanol–water partition coefficient (Wildman–Crippen LogP) is 4.38. The van der Waals surface area contributed by atoms with Crippen molar-refractivity contribution in [1.29, 1.82) is 0 Å². The molecule has 0 unspecified atom stereocenters. The van der Waals surface area contributed by atoms with Gasteiger partial charge in [0.25, 0.3) is 17.7 Å². The first-order valence-electron chi connectivity index (χ1n) is 11.2. The van der Waals surface area contributed by atoms with Gasteiger partial charge in [0.15, 0.2) is 5.13 Å². The number of rotatable bonds is 7. The van der Waals surface area contributed by atoms with Crippen LogP contribution in [0, 0.1) is 12.7 Å². The average Bonchev–Trinajstić information content (AvgIpc) is 3.28. The third-order valence-corrected chi connectivity index (χ3v) is 6.43. The van der Waals surface area contributed by atoms with Gasteiger partial charge in [-0.15, -0.1) is 11.3 Å². The molecule has 36 heavy (non-hydrogen) atoms. The molecule has 2 aromatic carbocycles. The Hall–Kier alpha value is -4.38. The van der Waals surface area contributed by atoms with Crippen LogP contribution in [0.25, 0.3) is 11.1 Å². The van der Waals surface area contributed by atoms with Crippen LogP contribution in [-0.2, 0) is 0 Å². The topological polar surface area (TPSA) is 129 Å². The second-order valence-electron chi connectivity index (χ2n) is 8.35. The summed E-state index contributed by atoms with van der Waals surface area (Å²) < 4.78 is 14.9. The highest BCUT2D eigenvalue weighted by molar-refractivity contribution is 7.13. The van der Waals surface area contributed by atoms with E-state index in [1.807, 2.05) is 0 Å². The molecule has 2 heterocycles. The average molecular weight is 505 g/mol. The van der Waals surface area contributed by atoms with Crippen LogP contribution < -0.4 is 16.0 Å². The summed E-state index contributed by atoms with van der Waals surface area (Å²) in [5.74, 6) is -1.54. The van der Waals surface area contributed by atoms with E-state index in [1.54, 1.807) is 36.7 Å². The molecule has 0 aliphatic heterocycles. The van der Waals surface area contributed by atoms with Gasteiger partial charge in [0, 0.05) is 40.4 Å². The van der Waals surface area contributed by atoms with E-state index in [1.165, 1.54) is 35.7 Å². The number of anilines is 2. The van der Waals surface area contributed by atoms with Crippen molar-refractivity contribution in [2.24, 2.45) is 0 Å². The van der Waals surface area contributed by atoms with Crippen molar-refractivity contribution < 1.29 is 18.8 Å². The molecule has 4 N–H and O–H groups in total. The van der Waals surface area contributed by atoms with Crippen LogP contribution in [0.5, 0.6) is 0 Å². The number of aromatic amines is 1. The first-order valence-corrected chi connectivity index (χ1v) is 12.0. The molecule has 3 amide bonds. The number of carbonyl (C=O) groups excluding carboxylic acids is 3. The predicted molar refractivity (Wildman–Crippen MR) is 134 cm³/mol. The quantitative estimate of drug-likeness (QED) is 0.297. The van der Waals surface area contributed by atoms with Gasteiger partial charge >= 0.3 is 0 Å². The van der Waals surface area contributed by atoms with E-state index in [2.05, 4.69) is 31.1 Å². The van der Waals surface area contributed by atoms with Crippen molar-refractivity contribution >= 4 is 40.0 Å². The molecular weight excluding hydrogens is 483 g/mol. The van der Waals surface area contributed by atoms with Crippen LogP contribution in [0.2, 0.25) is 0 Å². The summed E-state index contributed by atoms with van der Waals surface area (Å²) >= 11 is 1.24. The van der Waals surface area contributed by atoms with Gasteiger partial charge in [-0.05, 0) is 60.7 Å². The summed E-state index contributed by atoms with van der Waals surface area (Å²) in [6.45, 7) is 1.58. The summed E-state index contributed by atoms with van der Waals surface area (Å²) in [5, 5.41) is 16.8. The first kappa shape index (κ1) is 23.4. The van der Waals surface area contributed by atoms with Gasteiger partial charge in [-0.2, -0.15) is 5.10 Å². The van der Waals surface area contributed by atoms with Crippen LogP contribution in [0.1, 0.15) is 49.5 Å². The van der Waals surface area contributed by atoms with Crippen molar-refractivity contribution in [3.63, 3.8) is 0 Å². The highest BCUT2D eigenvalue weighted by Gasteiger charge is 2.26. The monoisotopic (exact) mass is 504 g/mol. The fraction of sp³-hybridized carbons (Fsp3) is 0.160. The fourth-order valence-electron chi connectivity index (χ4n) is 3.66. The van der Waals surface area contributed by atoms with Crippen LogP contribution in [0.15, 0.2) is 54.2 Å². The van der Waals surface area contributed by atoms with Gasteiger partial charge in [0.1, 0.15) is 11.6 Å². The van der Waals surface area contributed by atoms with Gasteiger partial charge in [-0.1, -0.05) is 6.07 Å². The summed E-state index contributed by atoms with van der Waals surface area (Å²) in [6, 6.07) is 9.00. The molecule has 1 saturated carbocycles. The zero-order valence-electron chi connectivity index (χ0n) is 19.1. The number of nitrogens with one attached hydrogen (secondary N) is 4. The Bertz CT molecular complexity index is 1450. The summed E-state index contributed by atoms with van der Waals surface area (Å²) in [4.78, 5) is 42.8. The minimum absolute atomic E-state index is 0.109. The van der Waals surface area contributed by atoms with Crippen molar-refractivity contribution in [3.8, 4) is 11.1 Å². The SMILES string of the molecule is Cc1c(F)cc(C(=O)NC2CC2)cc1-c1ccc(C(=O)Nc2ccn[nH]2)cc1C(=O)Nc1nccs1. The number of aromatic nitrogens is 3. The number of nitrogens with zero attached hydrogens (tertiary/aromatic N) is 2. The molecule has 9 nitrogen and oxygen atoms in total. The lowest BCUT2D eigenvalue weighted by molar-refractivity contribution is 0.0949. The van der Waals surface area contributed by atoms with Gasteiger partial charge in [-0.3, -0.25) is 24.8 Å². The maximum atomic E-state index is 14.9. The molecule has 1 aliphatic carbocycles. The Kier molecular flexibility index (Phi) is 6.30.